The number of hydrogen-bond donors (Lipinski definition) is 1. The van der Waals surface area contributed by atoms with Gasteiger partial charge in [-0.25, -0.2) is 0 Å². The second-order valence-electron chi connectivity index (χ2n) is 8.00. The number of carbonyl (C=O) groups is 2. The van der Waals surface area contributed by atoms with Crippen LogP contribution in [0.15, 0.2) is 48.0 Å². The number of rotatable bonds is 10. The Labute approximate surface area is 210 Å². The summed E-state index contributed by atoms with van der Waals surface area (Å²) in [6.45, 7) is 9.48. The molecule has 0 radical (unpaired) electrons. The number of Topliss-reactive ketones (excluding diaryl/α,β-unsaturated/α-hetero) is 1. The van der Waals surface area contributed by atoms with Crippen molar-refractivity contribution in [2.45, 2.75) is 33.2 Å². The standard InChI is InChI=1S/C26H30Cl2N2O4/c1-4-29(5-2)14-7-15-30-23(17-8-11-19(27)12-9-17)22(25(32)26(30)33)24(31)18-10-13-21(34-6-3)20(28)16-18/h8-13,16,23,31H,4-7,14-15H2,1-3H3/t23-/m0/s1. The third-order valence-corrected chi connectivity index (χ3v) is 6.55. The Balaban J connectivity index is 2.03. The molecule has 3 rings (SSSR count). The summed E-state index contributed by atoms with van der Waals surface area (Å²) in [6.07, 6.45) is 0.702. The van der Waals surface area contributed by atoms with E-state index in [0.717, 1.165) is 19.6 Å². The lowest BCUT2D eigenvalue weighted by Crippen LogP contribution is -2.33. The van der Waals surface area contributed by atoms with Gasteiger partial charge >= 0.3 is 0 Å². The maximum absolute atomic E-state index is 13.1. The molecule has 1 heterocycles. The van der Waals surface area contributed by atoms with Crippen LogP contribution in [0.25, 0.3) is 5.76 Å². The van der Waals surface area contributed by atoms with Crippen LogP contribution in [0.4, 0.5) is 0 Å². The van der Waals surface area contributed by atoms with Gasteiger partial charge in [-0.3, -0.25) is 9.59 Å². The second-order valence-corrected chi connectivity index (χ2v) is 8.85. The van der Waals surface area contributed by atoms with Crippen molar-refractivity contribution >= 4 is 40.7 Å². The Morgan fingerprint density at radius 2 is 1.74 bits per heavy atom. The number of ether oxygens (including phenoxy) is 1. The fourth-order valence-corrected chi connectivity index (χ4v) is 4.54. The fraction of sp³-hybridized carbons (Fsp3) is 0.385. The van der Waals surface area contributed by atoms with Crippen molar-refractivity contribution in [2.75, 3.05) is 32.8 Å². The number of benzene rings is 2. The number of ketones is 1. The summed E-state index contributed by atoms with van der Waals surface area (Å²) in [4.78, 5) is 30.0. The van der Waals surface area contributed by atoms with Crippen LogP contribution in [-0.4, -0.2) is 59.4 Å². The maximum atomic E-state index is 13.1. The van der Waals surface area contributed by atoms with Crippen LogP contribution >= 0.6 is 23.2 Å². The highest BCUT2D eigenvalue weighted by atomic mass is 35.5. The molecule has 1 atom stereocenters. The molecule has 0 saturated carbocycles. The summed E-state index contributed by atoms with van der Waals surface area (Å²) in [5.41, 5.74) is 1.08. The summed E-state index contributed by atoms with van der Waals surface area (Å²) in [7, 11) is 0. The molecule has 1 aliphatic heterocycles. The van der Waals surface area contributed by atoms with E-state index in [1.807, 2.05) is 6.92 Å². The van der Waals surface area contributed by atoms with Gasteiger partial charge in [0.1, 0.15) is 11.5 Å². The molecule has 8 heteroatoms. The predicted octanol–water partition coefficient (Wildman–Crippen LogP) is 5.55. The second kappa shape index (κ2) is 11.7. The van der Waals surface area contributed by atoms with E-state index in [4.69, 9.17) is 27.9 Å². The van der Waals surface area contributed by atoms with Gasteiger partial charge in [-0.1, -0.05) is 49.2 Å². The van der Waals surface area contributed by atoms with Gasteiger partial charge < -0.3 is 19.6 Å². The largest absolute Gasteiger partial charge is 0.507 e. The number of hydrogen-bond acceptors (Lipinski definition) is 5. The van der Waals surface area contributed by atoms with E-state index in [2.05, 4.69) is 18.7 Å². The zero-order valence-corrected chi connectivity index (χ0v) is 21.2. The molecule has 2 aromatic rings. The molecule has 6 nitrogen and oxygen atoms in total. The molecule has 1 aliphatic rings. The minimum atomic E-state index is -0.723. The van der Waals surface area contributed by atoms with Gasteiger partial charge in [0.05, 0.1) is 23.2 Å². The first-order valence-electron chi connectivity index (χ1n) is 11.5. The number of amides is 1. The summed E-state index contributed by atoms with van der Waals surface area (Å²) in [5.74, 6) is -1.13. The summed E-state index contributed by atoms with van der Waals surface area (Å²) in [6, 6.07) is 11.0. The van der Waals surface area contributed by atoms with Gasteiger partial charge in [-0.2, -0.15) is 0 Å². The molecule has 1 saturated heterocycles. The van der Waals surface area contributed by atoms with Crippen LogP contribution < -0.4 is 4.74 Å². The molecule has 182 valence electrons. The van der Waals surface area contributed by atoms with E-state index >= 15 is 0 Å². The third-order valence-electron chi connectivity index (χ3n) is 6.00. The van der Waals surface area contributed by atoms with Crippen molar-refractivity contribution in [1.82, 2.24) is 9.80 Å². The predicted molar refractivity (Wildman–Crippen MR) is 135 cm³/mol. The van der Waals surface area contributed by atoms with Crippen molar-refractivity contribution in [3.8, 4) is 5.75 Å². The molecular weight excluding hydrogens is 475 g/mol. The van der Waals surface area contributed by atoms with Gasteiger partial charge in [0, 0.05) is 17.1 Å². The lowest BCUT2D eigenvalue weighted by Gasteiger charge is -2.27. The molecule has 0 spiro atoms. The Morgan fingerprint density at radius 1 is 1.06 bits per heavy atom. The molecule has 0 bridgehead atoms. The zero-order chi connectivity index (χ0) is 24.8. The average Bonchev–Trinajstić information content (AvgIpc) is 3.08. The van der Waals surface area contributed by atoms with Gasteiger partial charge in [-0.15, -0.1) is 0 Å². The highest BCUT2D eigenvalue weighted by Crippen LogP contribution is 2.40. The van der Waals surface area contributed by atoms with Crippen LogP contribution in [-0.2, 0) is 9.59 Å². The van der Waals surface area contributed by atoms with E-state index in [1.54, 1.807) is 36.4 Å². The normalized spacial score (nSPS) is 17.6. The van der Waals surface area contributed by atoms with E-state index in [1.165, 1.54) is 11.0 Å². The SMILES string of the molecule is CCOc1ccc(C(O)=C2C(=O)C(=O)N(CCCN(CC)CC)[C@H]2c2ccc(Cl)cc2)cc1Cl. The van der Waals surface area contributed by atoms with Crippen LogP contribution in [0.1, 0.15) is 44.4 Å². The van der Waals surface area contributed by atoms with Crippen molar-refractivity contribution in [3.05, 3.63) is 69.2 Å². The van der Waals surface area contributed by atoms with Crippen molar-refractivity contribution in [3.63, 3.8) is 0 Å². The van der Waals surface area contributed by atoms with Crippen molar-refractivity contribution in [2.24, 2.45) is 0 Å². The van der Waals surface area contributed by atoms with Crippen LogP contribution in [0.2, 0.25) is 10.0 Å². The first-order chi connectivity index (χ1) is 16.3. The number of aliphatic hydroxyl groups is 1. The maximum Gasteiger partial charge on any atom is 0.295 e. The molecule has 1 fully saturated rings. The number of aliphatic hydroxyl groups excluding tert-OH is 1. The zero-order valence-electron chi connectivity index (χ0n) is 19.7. The molecule has 0 aromatic heterocycles. The minimum absolute atomic E-state index is 0.0374. The number of likely N-dealkylation sites (tertiary alicyclic amines) is 1. The monoisotopic (exact) mass is 504 g/mol. The minimum Gasteiger partial charge on any atom is -0.507 e. The Kier molecular flexibility index (Phi) is 9.00. The molecule has 1 N–H and O–H groups in total. The quantitative estimate of drug-likeness (QED) is 0.261. The fourth-order valence-electron chi connectivity index (χ4n) is 4.18. The number of carbonyl (C=O) groups excluding carboxylic acids is 2. The van der Waals surface area contributed by atoms with E-state index in [9.17, 15) is 14.7 Å². The molecular formula is C26H30Cl2N2O4. The van der Waals surface area contributed by atoms with E-state index in [0.29, 0.717) is 46.5 Å². The average molecular weight is 505 g/mol. The van der Waals surface area contributed by atoms with Gasteiger partial charge in [0.2, 0.25) is 0 Å². The van der Waals surface area contributed by atoms with Gasteiger partial charge in [0.25, 0.3) is 11.7 Å². The first kappa shape index (κ1) is 26.1. The van der Waals surface area contributed by atoms with E-state index < -0.39 is 17.7 Å². The third kappa shape index (κ3) is 5.57. The Morgan fingerprint density at radius 3 is 2.32 bits per heavy atom. The highest BCUT2D eigenvalue weighted by Gasteiger charge is 2.45. The molecule has 34 heavy (non-hydrogen) atoms. The van der Waals surface area contributed by atoms with Crippen LogP contribution in [0.3, 0.4) is 0 Å². The molecule has 2 aromatic carbocycles. The first-order valence-corrected chi connectivity index (χ1v) is 12.3. The smallest absolute Gasteiger partial charge is 0.295 e. The topological polar surface area (TPSA) is 70.1 Å². The number of halogens is 2. The summed E-state index contributed by atoms with van der Waals surface area (Å²) >= 11 is 12.4. The summed E-state index contributed by atoms with van der Waals surface area (Å²) < 4.78 is 5.46. The number of nitrogens with zero attached hydrogens (tertiary/aromatic N) is 2. The van der Waals surface area contributed by atoms with Gasteiger partial charge in [0.15, 0.2) is 0 Å². The molecule has 1 amide bonds. The summed E-state index contributed by atoms with van der Waals surface area (Å²) in [5, 5.41) is 12.0. The highest BCUT2D eigenvalue weighted by molar-refractivity contribution is 6.46. The lowest BCUT2D eigenvalue weighted by atomic mass is 9.95. The van der Waals surface area contributed by atoms with Gasteiger partial charge in [-0.05, 0) is 68.9 Å². The van der Waals surface area contributed by atoms with Crippen molar-refractivity contribution < 1.29 is 19.4 Å². The lowest BCUT2D eigenvalue weighted by molar-refractivity contribution is -0.140. The Bertz CT molecular complexity index is 1060. The van der Waals surface area contributed by atoms with Crippen molar-refractivity contribution in [1.29, 1.82) is 0 Å². The Hall–Kier alpha value is -2.54. The van der Waals surface area contributed by atoms with Crippen LogP contribution in [0, 0.1) is 0 Å². The van der Waals surface area contributed by atoms with Crippen LogP contribution in [0.5, 0.6) is 5.75 Å². The molecule has 0 aliphatic carbocycles. The molecule has 0 unspecified atom stereocenters. The van der Waals surface area contributed by atoms with E-state index in [-0.39, 0.29) is 11.3 Å².